The SMILES string of the molecule is Cc1nn(C)c(C)c1S(=O)(=O)N[C@@H]1CCCCNC1=O. The van der Waals surface area contributed by atoms with Crippen molar-refractivity contribution in [1.29, 1.82) is 0 Å². The number of rotatable bonds is 3. The molecule has 1 saturated heterocycles. The summed E-state index contributed by atoms with van der Waals surface area (Å²) in [7, 11) is -2.05. The van der Waals surface area contributed by atoms with Crippen molar-refractivity contribution in [3.8, 4) is 0 Å². The first kappa shape index (κ1) is 15.0. The number of aryl methyl sites for hydroxylation is 2. The fourth-order valence-electron chi connectivity index (χ4n) is 2.44. The lowest BCUT2D eigenvalue weighted by Crippen LogP contribution is -2.45. The van der Waals surface area contributed by atoms with Gasteiger partial charge in [-0.1, -0.05) is 0 Å². The van der Waals surface area contributed by atoms with Gasteiger partial charge in [-0.15, -0.1) is 0 Å². The van der Waals surface area contributed by atoms with E-state index in [2.05, 4.69) is 15.1 Å². The summed E-state index contributed by atoms with van der Waals surface area (Å²) in [6.07, 6.45) is 2.20. The van der Waals surface area contributed by atoms with Crippen LogP contribution in [0.3, 0.4) is 0 Å². The zero-order valence-electron chi connectivity index (χ0n) is 11.9. The molecule has 1 aliphatic heterocycles. The molecule has 0 spiro atoms. The van der Waals surface area contributed by atoms with E-state index in [0.29, 0.717) is 24.4 Å². The molecule has 0 saturated carbocycles. The fraction of sp³-hybridized carbons (Fsp3) is 0.667. The highest BCUT2D eigenvalue weighted by Crippen LogP contribution is 2.19. The lowest BCUT2D eigenvalue weighted by molar-refractivity contribution is -0.122. The summed E-state index contributed by atoms with van der Waals surface area (Å²) in [6.45, 7) is 3.94. The average Bonchev–Trinajstić information content (AvgIpc) is 2.50. The van der Waals surface area contributed by atoms with Crippen LogP contribution in [0, 0.1) is 13.8 Å². The van der Waals surface area contributed by atoms with Gasteiger partial charge in [0.25, 0.3) is 0 Å². The standard InChI is InChI=1S/C12H20N4O3S/c1-8-11(9(2)16(3)14-8)20(18,19)15-10-6-4-5-7-13-12(10)17/h10,15H,4-7H2,1-3H3,(H,13,17)/t10-/m1/s1. The molecule has 1 aromatic rings. The molecule has 0 aliphatic carbocycles. The summed E-state index contributed by atoms with van der Waals surface area (Å²) >= 11 is 0. The van der Waals surface area contributed by atoms with Gasteiger partial charge >= 0.3 is 0 Å². The fourth-order valence-corrected chi connectivity index (χ4v) is 4.11. The van der Waals surface area contributed by atoms with E-state index in [-0.39, 0.29) is 10.8 Å². The van der Waals surface area contributed by atoms with Gasteiger partial charge in [0.15, 0.2) is 0 Å². The van der Waals surface area contributed by atoms with Gasteiger partial charge in [0, 0.05) is 13.6 Å². The highest BCUT2D eigenvalue weighted by Gasteiger charge is 2.30. The predicted octanol–water partition coefficient (Wildman–Crippen LogP) is -0.0161. The number of nitrogens with one attached hydrogen (secondary N) is 2. The van der Waals surface area contributed by atoms with Crippen LogP contribution in [0.2, 0.25) is 0 Å². The number of amides is 1. The van der Waals surface area contributed by atoms with Crippen molar-refractivity contribution in [2.45, 2.75) is 44.0 Å². The van der Waals surface area contributed by atoms with Crippen molar-refractivity contribution in [2.24, 2.45) is 7.05 Å². The molecule has 0 unspecified atom stereocenters. The Bertz CT molecular complexity index is 621. The number of nitrogens with zero attached hydrogens (tertiary/aromatic N) is 2. The highest BCUT2D eigenvalue weighted by molar-refractivity contribution is 7.89. The van der Waals surface area contributed by atoms with E-state index in [1.165, 1.54) is 4.68 Å². The third-order valence-corrected chi connectivity index (χ3v) is 5.27. The van der Waals surface area contributed by atoms with Gasteiger partial charge in [-0.3, -0.25) is 9.48 Å². The van der Waals surface area contributed by atoms with Crippen LogP contribution in [-0.4, -0.2) is 36.7 Å². The van der Waals surface area contributed by atoms with Gasteiger partial charge < -0.3 is 5.32 Å². The number of carbonyl (C=O) groups is 1. The van der Waals surface area contributed by atoms with Crippen LogP contribution in [0.1, 0.15) is 30.7 Å². The average molecular weight is 300 g/mol. The molecule has 1 atom stereocenters. The molecule has 20 heavy (non-hydrogen) atoms. The molecule has 1 fully saturated rings. The number of sulfonamides is 1. The maximum absolute atomic E-state index is 12.5. The van der Waals surface area contributed by atoms with Crippen LogP contribution in [0.4, 0.5) is 0 Å². The molecule has 1 aliphatic rings. The molecular weight excluding hydrogens is 280 g/mol. The monoisotopic (exact) mass is 300 g/mol. The summed E-state index contributed by atoms with van der Waals surface area (Å²) in [5.41, 5.74) is 0.996. The summed E-state index contributed by atoms with van der Waals surface area (Å²) in [5.74, 6) is -0.259. The zero-order chi connectivity index (χ0) is 14.9. The molecule has 0 radical (unpaired) electrons. The molecule has 112 valence electrons. The Labute approximate surface area is 118 Å². The van der Waals surface area contributed by atoms with Crippen molar-refractivity contribution in [3.63, 3.8) is 0 Å². The topological polar surface area (TPSA) is 93.1 Å². The Kier molecular flexibility index (Phi) is 4.14. The van der Waals surface area contributed by atoms with Crippen LogP contribution in [-0.2, 0) is 21.9 Å². The van der Waals surface area contributed by atoms with E-state index < -0.39 is 16.1 Å². The van der Waals surface area contributed by atoms with E-state index in [4.69, 9.17) is 0 Å². The molecule has 7 nitrogen and oxygen atoms in total. The van der Waals surface area contributed by atoms with Crippen molar-refractivity contribution < 1.29 is 13.2 Å². The second-order valence-corrected chi connectivity index (χ2v) is 6.74. The number of hydrogen-bond acceptors (Lipinski definition) is 4. The third kappa shape index (κ3) is 2.85. The first-order valence-corrected chi connectivity index (χ1v) is 8.11. The van der Waals surface area contributed by atoms with Crippen LogP contribution >= 0.6 is 0 Å². The first-order chi connectivity index (χ1) is 9.33. The Morgan fingerprint density at radius 2 is 2.05 bits per heavy atom. The summed E-state index contributed by atoms with van der Waals surface area (Å²) < 4.78 is 29.0. The number of carbonyl (C=O) groups excluding carboxylic acids is 1. The summed E-state index contributed by atoms with van der Waals surface area (Å²) in [6, 6.07) is -0.707. The Hall–Kier alpha value is -1.41. The predicted molar refractivity (Wildman–Crippen MR) is 73.7 cm³/mol. The normalized spacial score (nSPS) is 20.6. The first-order valence-electron chi connectivity index (χ1n) is 6.63. The van der Waals surface area contributed by atoms with Crippen LogP contribution in [0.15, 0.2) is 4.90 Å². The largest absolute Gasteiger partial charge is 0.355 e. The molecular formula is C12H20N4O3S. The van der Waals surface area contributed by atoms with E-state index in [1.807, 2.05) is 0 Å². The molecule has 2 N–H and O–H groups in total. The van der Waals surface area contributed by atoms with Crippen molar-refractivity contribution in [3.05, 3.63) is 11.4 Å². The van der Waals surface area contributed by atoms with Crippen molar-refractivity contribution in [1.82, 2.24) is 19.8 Å². The lowest BCUT2D eigenvalue weighted by atomic mass is 10.1. The molecule has 1 amide bonds. The van der Waals surface area contributed by atoms with Gasteiger partial charge in [0.1, 0.15) is 10.9 Å². The molecule has 8 heteroatoms. The Morgan fingerprint density at radius 1 is 1.35 bits per heavy atom. The second-order valence-electron chi connectivity index (χ2n) is 5.08. The van der Waals surface area contributed by atoms with Gasteiger partial charge in [-0.2, -0.15) is 9.82 Å². The van der Waals surface area contributed by atoms with E-state index in [0.717, 1.165) is 12.8 Å². The third-order valence-electron chi connectivity index (χ3n) is 3.54. The molecule has 1 aromatic heterocycles. The minimum atomic E-state index is -3.74. The van der Waals surface area contributed by atoms with E-state index >= 15 is 0 Å². The summed E-state index contributed by atoms with van der Waals surface area (Å²) in [4.78, 5) is 12.0. The smallest absolute Gasteiger partial charge is 0.244 e. The Morgan fingerprint density at radius 3 is 2.65 bits per heavy atom. The highest BCUT2D eigenvalue weighted by atomic mass is 32.2. The quantitative estimate of drug-likeness (QED) is 0.820. The Balaban J connectivity index is 2.29. The summed E-state index contributed by atoms with van der Waals surface area (Å²) in [5, 5.41) is 6.82. The minimum absolute atomic E-state index is 0.164. The van der Waals surface area contributed by atoms with Crippen LogP contribution in [0.5, 0.6) is 0 Å². The molecule has 2 heterocycles. The zero-order valence-corrected chi connectivity index (χ0v) is 12.7. The van der Waals surface area contributed by atoms with E-state index in [1.54, 1.807) is 20.9 Å². The van der Waals surface area contributed by atoms with E-state index in [9.17, 15) is 13.2 Å². The molecule has 0 aromatic carbocycles. The number of hydrogen-bond donors (Lipinski definition) is 2. The maximum atomic E-state index is 12.5. The van der Waals surface area contributed by atoms with Crippen LogP contribution in [0.25, 0.3) is 0 Å². The maximum Gasteiger partial charge on any atom is 0.244 e. The van der Waals surface area contributed by atoms with Gasteiger partial charge in [-0.05, 0) is 33.1 Å². The second kappa shape index (κ2) is 5.53. The molecule has 2 rings (SSSR count). The minimum Gasteiger partial charge on any atom is -0.355 e. The van der Waals surface area contributed by atoms with Gasteiger partial charge in [0.05, 0.1) is 11.4 Å². The van der Waals surface area contributed by atoms with Crippen molar-refractivity contribution in [2.75, 3.05) is 6.54 Å². The van der Waals surface area contributed by atoms with Crippen molar-refractivity contribution >= 4 is 15.9 Å². The van der Waals surface area contributed by atoms with Crippen LogP contribution < -0.4 is 10.0 Å². The van der Waals surface area contributed by atoms with Gasteiger partial charge in [0.2, 0.25) is 15.9 Å². The molecule has 0 bridgehead atoms. The lowest BCUT2D eigenvalue weighted by Gasteiger charge is -2.15. The number of aromatic nitrogens is 2. The van der Waals surface area contributed by atoms with Gasteiger partial charge in [-0.25, -0.2) is 8.42 Å².